The van der Waals surface area contributed by atoms with Crippen LogP contribution in [-0.4, -0.2) is 49.1 Å². The number of hydrogen-bond acceptors (Lipinski definition) is 7. The van der Waals surface area contributed by atoms with Gasteiger partial charge in [0.15, 0.2) is 5.69 Å². The first-order valence-electron chi connectivity index (χ1n) is 8.83. The maximum absolute atomic E-state index is 12.7. The molecule has 4 heterocycles. The van der Waals surface area contributed by atoms with E-state index in [0.29, 0.717) is 12.4 Å². The number of aliphatic carboxylic acids is 1. The Balaban J connectivity index is 0.000000360. The van der Waals surface area contributed by atoms with Gasteiger partial charge in [-0.3, -0.25) is 10.1 Å². The van der Waals surface area contributed by atoms with E-state index < -0.39 is 24.0 Å². The van der Waals surface area contributed by atoms with Crippen molar-refractivity contribution in [2.24, 2.45) is 0 Å². The smallest absolute Gasteiger partial charge is 0.475 e. The van der Waals surface area contributed by atoms with Crippen molar-refractivity contribution in [3.63, 3.8) is 0 Å². The van der Waals surface area contributed by atoms with Crippen LogP contribution in [0.2, 0.25) is 0 Å². The Hall–Kier alpha value is -3.49. The molecule has 0 saturated heterocycles. The molecule has 0 fully saturated rings. The van der Waals surface area contributed by atoms with Crippen molar-refractivity contribution >= 4 is 5.97 Å². The number of hydrogen-bond donors (Lipinski definition) is 3. The minimum atomic E-state index is -5.08. The molecule has 1 aliphatic heterocycles. The fraction of sp³-hybridized carbons (Fsp3) is 0.353. The first-order valence-corrected chi connectivity index (χ1v) is 8.83. The molecule has 0 radical (unpaired) electrons. The number of aromatic nitrogens is 5. The number of carboxylic acids is 1. The van der Waals surface area contributed by atoms with E-state index in [-0.39, 0.29) is 11.6 Å². The summed E-state index contributed by atoms with van der Waals surface area (Å²) >= 11 is 0. The van der Waals surface area contributed by atoms with Crippen LogP contribution in [0.5, 0.6) is 0 Å². The zero-order valence-electron chi connectivity index (χ0n) is 16.1. The number of halogens is 6. The number of rotatable bonds is 2. The minimum Gasteiger partial charge on any atom is -0.475 e. The number of nitrogens with zero attached hydrogens (tertiary/aromatic N) is 4. The second-order valence-corrected chi connectivity index (χ2v) is 6.54. The standard InChI is InChI=1S/C15H13F3N6O.C2HF3O2/c1-7-12(9-2-3-19-5-8(9)6-20-7)13-21-14(25-24-13)10-4-11(23-22-10)15(16,17)18;3-2(4,5)1(6)7/h4,6,19H,2-3,5H2,1H3,(H,22,23);(H,6,7). The molecule has 3 aromatic rings. The van der Waals surface area contributed by atoms with Gasteiger partial charge in [-0.1, -0.05) is 5.16 Å². The molecule has 9 nitrogen and oxygen atoms in total. The Morgan fingerprint density at radius 3 is 2.50 bits per heavy atom. The number of fused-ring (bicyclic) bond motifs is 1. The number of aromatic amines is 1. The fourth-order valence-corrected chi connectivity index (χ4v) is 2.87. The van der Waals surface area contributed by atoms with Crippen molar-refractivity contribution in [2.75, 3.05) is 6.54 Å². The predicted molar refractivity (Wildman–Crippen MR) is 94.0 cm³/mol. The molecule has 0 saturated carbocycles. The van der Waals surface area contributed by atoms with Gasteiger partial charge in [0.25, 0.3) is 5.89 Å². The van der Waals surface area contributed by atoms with Crippen LogP contribution in [0.3, 0.4) is 0 Å². The first kappa shape index (κ1) is 23.2. The molecule has 3 N–H and O–H groups in total. The van der Waals surface area contributed by atoms with Gasteiger partial charge < -0.3 is 14.9 Å². The van der Waals surface area contributed by atoms with Crippen LogP contribution < -0.4 is 5.32 Å². The monoisotopic (exact) mass is 464 g/mol. The lowest BCUT2D eigenvalue weighted by Gasteiger charge is -2.19. The predicted octanol–water partition coefficient (Wildman–Crippen LogP) is 3.13. The largest absolute Gasteiger partial charge is 0.490 e. The normalized spacial score (nSPS) is 13.8. The van der Waals surface area contributed by atoms with Gasteiger partial charge in [-0.05, 0) is 31.0 Å². The third-order valence-electron chi connectivity index (χ3n) is 4.33. The molecular formula is C17H14F6N6O3. The Bertz CT molecular complexity index is 1120. The summed E-state index contributed by atoms with van der Waals surface area (Å²) in [7, 11) is 0. The van der Waals surface area contributed by atoms with E-state index in [2.05, 4.69) is 25.5 Å². The molecule has 3 aromatic heterocycles. The number of aryl methyl sites for hydroxylation is 1. The SMILES string of the molecule is Cc1ncc2c(c1-c1noc(-c3cc(C(F)(F)F)[nH]n3)n1)CCNC2.O=C(O)C(F)(F)F. The summed E-state index contributed by atoms with van der Waals surface area (Å²) in [6.45, 7) is 3.36. The second kappa shape index (κ2) is 8.57. The maximum atomic E-state index is 12.7. The molecule has 0 amide bonds. The van der Waals surface area contributed by atoms with E-state index in [0.717, 1.165) is 41.4 Å². The third-order valence-corrected chi connectivity index (χ3v) is 4.33. The third kappa shape index (κ3) is 5.04. The van der Waals surface area contributed by atoms with Gasteiger partial charge >= 0.3 is 18.3 Å². The van der Waals surface area contributed by atoms with E-state index in [1.807, 2.05) is 18.2 Å². The molecule has 172 valence electrons. The van der Waals surface area contributed by atoms with Crippen LogP contribution in [-0.2, 0) is 23.9 Å². The van der Waals surface area contributed by atoms with Crippen molar-refractivity contribution in [3.8, 4) is 23.0 Å². The number of carboxylic acid groups (broad SMARTS) is 1. The summed E-state index contributed by atoms with van der Waals surface area (Å²) in [5.74, 6) is -2.53. The highest BCUT2D eigenvalue weighted by Gasteiger charge is 2.38. The summed E-state index contributed by atoms with van der Waals surface area (Å²) < 4.78 is 74.9. The quantitative estimate of drug-likeness (QED) is 0.494. The molecule has 4 rings (SSSR count). The van der Waals surface area contributed by atoms with E-state index >= 15 is 0 Å². The Morgan fingerprint density at radius 2 is 1.91 bits per heavy atom. The van der Waals surface area contributed by atoms with Gasteiger partial charge in [0, 0.05) is 30.1 Å². The fourth-order valence-electron chi connectivity index (χ4n) is 2.87. The van der Waals surface area contributed by atoms with Gasteiger partial charge in [0.2, 0.25) is 5.82 Å². The van der Waals surface area contributed by atoms with Crippen LogP contribution in [0.4, 0.5) is 26.3 Å². The molecule has 0 aliphatic carbocycles. The zero-order valence-corrected chi connectivity index (χ0v) is 16.1. The average molecular weight is 464 g/mol. The molecule has 1 aliphatic rings. The van der Waals surface area contributed by atoms with Gasteiger partial charge in [-0.15, -0.1) is 0 Å². The van der Waals surface area contributed by atoms with Gasteiger partial charge in [-0.25, -0.2) is 4.79 Å². The Morgan fingerprint density at radius 1 is 1.22 bits per heavy atom. The lowest BCUT2D eigenvalue weighted by Crippen LogP contribution is -2.24. The lowest BCUT2D eigenvalue weighted by molar-refractivity contribution is -0.192. The average Bonchev–Trinajstić information content (AvgIpc) is 3.37. The second-order valence-electron chi connectivity index (χ2n) is 6.54. The highest BCUT2D eigenvalue weighted by molar-refractivity contribution is 5.73. The molecular weight excluding hydrogens is 450 g/mol. The summed E-state index contributed by atoms with van der Waals surface area (Å²) in [6, 6.07) is 0.840. The molecule has 0 spiro atoms. The lowest BCUT2D eigenvalue weighted by atomic mass is 9.95. The van der Waals surface area contributed by atoms with Crippen molar-refractivity contribution in [1.82, 2.24) is 30.6 Å². The van der Waals surface area contributed by atoms with Crippen molar-refractivity contribution in [3.05, 3.63) is 34.8 Å². The molecule has 0 aromatic carbocycles. The summed E-state index contributed by atoms with van der Waals surface area (Å²) in [5, 5.41) is 19.8. The zero-order chi connectivity index (χ0) is 23.7. The number of alkyl halides is 6. The number of pyridine rings is 1. The van der Waals surface area contributed by atoms with Gasteiger partial charge in [0.05, 0.1) is 0 Å². The van der Waals surface area contributed by atoms with Crippen molar-refractivity contribution < 1.29 is 40.8 Å². The first-order chi connectivity index (χ1) is 14.9. The van der Waals surface area contributed by atoms with E-state index in [1.54, 1.807) is 0 Å². The summed E-state index contributed by atoms with van der Waals surface area (Å²) in [5.41, 5.74) is 2.62. The Kier molecular flexibility index (Phi) is 6.20. The molecule has 32 heavy (non-hydrogen) atoms. The van der Waals surface area contributed by atoms with Gasteiger partial charge in [0.1, 0.15) is 5.69 Å². The van der Waals surface area contributed by atoms with Crippen LogP contribution in [0, 0.1) is 6.92 Å². The molecule has 0 atom stereocenters. The van der Waals surface area contributed by atoms with Crippen LogP contribution in [0.25, 0.3) is 23.0 Å². The molecule has 15 heteroatoms. The molecule has 0 bridgehead atoms. The summed E-state index contributed by atoms with van der Waals surface area (Å²) in [6.07, 6.45) is -7.00. The number of H-pyrrole nitrogens is 1. The van der Waals surface area contributed by atoms with Crippen molar-refractivity contribution in [2.45, 2.75) is 32.2 Å². The molecule has 0 unspecified atom stereocenters. The highest BCUT2D eigenvalue weighted by Crippen LogP contribution is 2.32. The van der Waals surface area contributed by atoms with E-state index in [9.17, 15) is 26.3 Å². The maximum Gasteiger partial charge on any atom is 0.490 e. The Labute approximate surface area is 174 Å². The topological polar surface area (TPSA) is 130 Å². The van der Waals surface area contributed by atoms with E-state index in [4.69, 9.17) is 14.4 Å². The van der Waals surface area contributed by atoms with Crippen LogP contribution in [0.1, 0.15) is 22.5 Å². The number of nitrogens with one attached hydrogen (secondary N) is 2. The summed E-state index contributed by atoms with van der Waals surface area (Å²) in [4.78, 5) is 17.5. The van der Waals surface area contributed by atoms with Crippen LogP contribution >= 0.6 is 0 Å². The van der Waals surface area contributed by atoms with Crippen molar-refractivity contribution in [1.29, 1.82) is 0 Å². The van der Waals surface area contributed by atoms with E-state index in [1.165, 1.54) is 0 Å². The van der Waals surface area contributed by atoms with Gasteiger partial charge in [-0.2, -0.15) is 36.4 Å². The number of carbonyl (C=O) groups is 1. The van der Waals surface area contributed by atoms with Crippen LogP contribution in [0.15, 0.2) is 16.8 Å². The highest BCUT2D eigenvalue weighted by atomic mass is 19.4. The minimum absolute atomic E-state index is 0.0526.